The number of aromatic nitrogens is 1. The molecule has 2 amide bonds. The molecule has 0 unspecified atom stereocenters. The largest absolute Gasteiger partial charge is 0.457 e. The van der Waals surface area contributed by atoms with Gasteiger partial charge < -0.3 is 15.0 Å². The highest BCUT2D eigenvalue weighted by Crippen LogP contribution is 2.29. The Morgan fingerprint density at radius 3 is 2.55 bits per heavy atom. The molecule has 0 fully saturated rings. The Bertz CT molecular complexity index is 1120. The predicted octanol–water partition coefficient (Wildman–Crippen LogP) is 3.80. The van der Waals surface area contributed by atoms with E-state index in [1.807, 2.05) is 13.0 Å². The lowest BCUT2D eigenvalue weighted by Crippen LogP contribution is -2.35. The summed E-state index contributed by atoms with van der Waals surface area (Å²) in [4.78, 5) is 41.1. The maximum Gasteiger partial charge on any atom is 0.270 e. The van der Waals surface area contributed by atoms with Gasteiger partial charge in [0.15, 0.2) is 0 Å². The zero-order chi connectivity index (χ0) is 22.4. The van der Waals surface area contributed by atoms with Gasteiger partial charge in [-0.1, -0.05) is 18.2 Å². The second-order valence-corrected chi connectivity index (χ2v) is 6.78. The average molecular weight is 420 g/mol. The lowest BCUT2D eigenvalue weighted by Gasteiger charge is -2.18. The van der Waals surface area contributed by atoms with Crippen LogP contribution in [0, 0.1) is 17.0 Å². The topological polar surface area (TPSA) is 115 Å². The Morgan fingerprint density at radius 1 is 1.13 bits per heavy atom. The van der Waals surface area contributed by atoms with Crippen LogP contribution in [0.1, 0.15) is 15.9 Å². The number of aryl methyl sites for hydroxylation is 1. The van der Waals surface area contributed by atoms with Gasteiger partial charge in [-0.05, 0) is 42.8 Å². The van der Waals surface area contributed by atoms with Crippen LogP contribution in [0.25, 0.3) is 0 Å². The Hall–Kier alpha value is -4.27. The summed E-state index contributed by atoms with van der Waals surface area (Å²) in [6.07, 6.45) is 1.57. The van der Waals surface area contributed by atoms with Crippen molar-refractivity contribution in [3.63, 3.8) is 0 Å². The third-order valence-corrected chi connectivity index (χ3v) is 4.29. The van der Waals surface area contributed by atoms with Gasteiger partial charge in [0.2, 0.25) is 5.91 Å². The fourth-order valence-corrected chi connectivity index (χ4v) is 2.78. The van der Waals surface area contributed by atoms with Gasteiger partial charge in [-0.15, -0.1) is 0 Å². The SMILES string of the molecule is Cc1ccnc(NC(=O)CN(C)C(=O)c2cc([N+](=O)[O-])ccc2Oc2ccccc2)c1. The number of nitrogens with one attached hydrogen (secondary N) is 1. The molecule has 1 heterocycles. The highest BCUT2D eigenvalue weighted by atomic mass is 16.6. The van der Waals surface area contributed by atoms with E-state index in [0.717, 1.165) is 16.5 Å². The first-order valence-corrected chi connectivity index (χ1v) is 9.33. The standard InChI is InChI=1S/C22H20N4O5/c1-15-10-11-23-20(12-15)24-21(27)14-25(2)22(28)18-13-16(26(29)30)8-9-19(18)31-17-6-4-3-5-7-17/h3-13H,14H2,1-2H3,(H,23,24,27). The number of non-ortho nitro benzene ring substituents is 1. The Balaban J connectivity index is 1.80. The number of para-hydroxylation sites is 1. The van der Waals surface area contributed by atoms with Crippen LogP contribution in [0.2, 0.25) is 0 Å². The van der Waals surface area contributed by atoms with E-state index >= 15 is 0 Å². The minimum absolute atomic E-state index is 0.0259. The summed E-state index contributed by atoms with van der Waals surface area (Å²) in [5, 5.41) is 13.8. The van der Waals surface area contributed by atoms with Crippen LogP contribution in [0.5, 0.6) is 11.5 Å². The molecule has 158 valence electrons. The van der Waals surface area contributed by atoms with Crippen molar-refractivity contribution in [2.24, 2.45) is 0 Å². The summed E-state index contributed by atoms with van der Waals surface area (Å²) in [6.45, 7) is 1.59. The number of likely N-dealkylation sites (N-methyl/N-ethyl adjacent to an activating group) is 1. The number of hydrogen-bond donors (Lipinski definition) is 1. The lowest BCUT2D eigenvalue weighted by molar-refractivity contribution is -0.384. The normalized spacial score (nSPS) is 10.3. The molecular formula is C22H20N4O5. The monoisotopic (exact) mass is 420 g/mol. The van der Waals surface area contributed by atoms with Gasteiger partial charge in [-0.25, -0.2) is 4.98 Å². The summed E-state index contributed by atoms with van der Waals surface area (Å²) in [6, 6.07) is 16.0. The van der Waals surface area contributed by atoms with Crippen LogP contribution in [0.3, 0.4) is 0 Å². The molecule has 0 saturated carbocycles. The summed E-state index contributed by atoms with van der Waals surface area (Å²) in [7, 11) is 1.43. The third-order valence-electron chi connectivity index (χ3n) is 4.29. The summed E-state index contributed by atoms with van der Waals surface area (Å²) in [5.41, 5.74) is 0.640. The minimum atomic E-state index is -0.598. The van der Waals surface area contributed by atoms with E-state index in [1.165, 1.54) is 19.2 Å². The first-order valence-electron chi connectivity index (χ1n) is 9.33. The van der Waals surface area contributed by atoms with Crippen molar-refractivity contribution in [2.75, 3.05) is 18.9 Å². The molecule has 9 heteroatoms. The number of carbonyl (C=O) groups is 2. The van der Waals surface area contributed by atoms with E-state index in [1.54, 1.807) is 42.6 Å². The fourth-order valence-electron chi connectivity index (χ4n) is 2.78. The highest BCUT2D eigenvalue weighted by Gasteiger charge is 2.23. The predicted molar refractivity (Wildman–Crippen MR) is 114 cm³/mol. The number of carbonyl (C=O) groups excluding carboxylic acids is 2. The smallest absolute Gasteiger partial charge is 0.270 e. The number of rotatable bonds is 7. The molecule has 1 N–H and O–H groups in total. The zero-order valence-corrected chi connectivity index (χ0v) is 16.9. The van der Waals surface area contributed by atoms with Crippen molar-refractivity contribution in [1.29, 1.82) is 0 Å². The molecule has 3 aromatic rings. The van der Waals surface area contributed by atoms with Gasteiger partial charge in [0.1, 0.15) is 17.3 Å². The Morgan fingerprint density at radius 2 is 1.87 bits per heavy atom. The molecule has 3 rings (SSSR count). The first-order chi connectivity index (χ1) is 14.8. The molecule has 0 radical (unpaired) electrons. The van der Waals surface area contributed by atoms with Crippen LogP contribution < -0.4 is 10.1 Å². The van der Waals surface area contributed by atoms with Gasteiger partial charge in [0.25, 0.3) is 11.6 Å². The summed E-state index contributed by atoms with van der Waals surface area (Å²) < 4.78 is 5.75. The molecule has 31 heavy (non-hydrogen) atoms. The second kappa shape index (κ2) is 9.49. The van der Waals surface area contributed by atoms with Crippen molar-refractivity contribution >= 4 is 23.3 Å². The van der Waals surface area contributed by atoms with Crippen LogP contribution in [0.4, 0.5) is 11.5 Å². The maximum atomic E-state index is 13.0. The summed E-state index contributed by atoms with van der Waals surface area (Å²) >= 11 is 0. The number of benzene rings is 2. The van der Waals surface area contributed by atoms with Gasteiger partial charge in [0.05, 0.1) is 17.0 Å². The third kappa shape index (κ3) is 5.63. The van der Waals surface area contributed by atoms with Gasteiger partial charge >= 0.3 is 0 Å². The van der Waals surface area contributed by atoms with Crippen molar-refractivity contribution in [3.8, 4) is 11.5 Å². The van der Waals surface area contributed by atoms with E-state index in [0.29, 0.717) is 11.6 Å². The molecule has 1 aromatic heterocycles. The number of amides is 2. The van der Waals surface area contributed by atoms with Crippen LogP contribution in [-0.2, 0) is 4.79 Å². The molecule has 9 nitrogen and oxygen atoms in total. The number of pyridine rings is 1. The number of nitrogens with zero attached hydrogens (tertiary/aromatic N) is 3. The number of ether oxygens (including phenoxy) is 1. The molecular weight excluding hydrogens is 400 g/mol. The molecule has 0 saturated heterocycles. The molecule has 0 aliphatic carbocycles. The number of hydrogen-bond acceptors (Lipinski definition) is 6. The van der Waals surface area contributed by atoms with Gasteiger partial charge in [-0.2, -0.15) is 0 Å². The average Bonchev–Trinajstić information content (AvgIpc) is 2.74. The minimum Gasteiger partial charge on any atom is -0.457 e. The van der Waals surface area contributed by atoms with Crippen LogP contribution >= 0.6 is 0 Å². The highest BCUT2D eigenvalue weighted by molar-refractivity contribution is 6.01. The second-order valence-electron chi connectivity index (χ2n) is 6.78. The van der Waals surface area contributed by atoms with E-state index in [4.69, 9.17) is 4.74 Å². The Kier molecular flexibility index (Phi) is 6.56. The molecule has 0 atom stereocenters. The van der Waals surface area contributed by atoms with Gasteiger partial charge in [0, 0.05) is 25.4 Å². The van der Waals surface area contributed by atoms with E-state index in [2.05, 4.69) is 10.3 Å². The molecule has 0 aliphatic rings. The Labute approximate surface area is 178 Å². The lowest BCUT2D eigenvalue weighted by atomic mass is 10.1. The maximum absolute atomic E-state index is 13.0. The van der Waals surface area contributed by atoms with Crippen molar-refractivity contribution in [1.82, 2.24) is 9.88 Å². The number of anilines is 1. The van der Waals surface area contributed by atoms with Crippen LogP contribution in [-0.4, -0.2) is 40.2 Å². The molecule has 2 aromatic carbocycles. The zero-order valence-electron chi connectivity index (χ0n) is 16.9. The van der Waals surface area contributed by atoms with E-state index in [-0.39, 0.29) is 23.5 Å². The summed E-state index contributed by atoms with van der Waals surface area (Å²) in [5.74, 6) is -0.0630. The fraction of sp³-hybridized carbons (Fsp3) is 0.136. The van der Waals surface area contributed by atoms with Crippen molar-refractivity contribution in [2.45, 2.75) is 6.92 Å². The van der Waals surface area contributed by atoms with Gasteiger partial charge in [-0.3, -0.25) is 19.7 Å². The first kappa shape index (κ1) is 21.4. The number of nitro benzene ring substituents is 1. The van der Waals surface area contributed by atoms with Crippen molar-refractivity contribution in [3.05, 3.63) is 88.1 Å². The van der Waals surface area contributed by atoms with Crippen molar-refractivity contribution < 1.29 is 19.2 Å². The van der Waals surface area contributed by atoms with Crippen LogP contribution in [0.15, 0.2) is 66.9 Å². The molecule has 0 aliphatic heterocycles. The molecule has 0 bridgehead atoms. The molecule has 0 spiro atoms. The quantitative estimate of drug-likeness (QED) is 0.459. The van der Waals surface area contributed by atoms with E-state index in [9.17, 15) is 19.7 Å². The van der Waals surface area contributed by atoms with E-state index < -0.39 is 16.7 Å². The number of nitro groups is 1.